The van der Waals surface area contributed by atoms with Crippen LogP contribution in [0.1, 0.15) is 60.8 Å². The molecule has 3 atom stereocenters. The molecule has 1 N–H and O–H groups in total. The molecule has 0 aliphatic rings. The first-order chi connectivity index (χ1) is 8.72. The maximum absolute atomic E-state index is 10.4. The molecule has 19 heavy (non-hydrogen) atoms. The summed E-state index contributed by atoms with van der Waals surface area (Å²) in [5.41, 5.74) is 0. The zero-order chi connectivity index (χ0) is 15.4. The predicted molar refractivity (Wildman–Crippen MR) is 73.7 cm³/mol. The second-order valence-corrected chi connectivity index (χ2v) is 4.55. The molecular formula is C14H28O5. The fourth-order valence-corrected chi connectivity index (χ4v) is 1.25. The van der Waals surface area contributed by atoms with E-state index >= 15 is 0 Å². The van der Waals surface area contributed by atoms with E-state index in [4.69, 9.17) is 14.6 Å². The molecule has 0 aromatic carbocycles. The summed E-state index contributed by atoms with van der Waals surface area (Å²) >= 11 is 0. The van der Waals surface area contributed by atoms with E-state index in [9.17, 15) is 9.59 Å². The monoisotopic (exact) mass is 276 g/mol. The number of carbonyl (C=O) groups excluding carboxylic acids is 2. The van der Waals surface area contributed by atoms with E-state index < -0.39 is 0 Å². The number of aliphatic hydroxyl groups excluding tert-OH is 1. The minimum absolute atomic E-state index is 0.0764. The lowest BCUT2D eigenvalue weighted by Gasteiger charge is -2.14. The highest BCUT2D eigenvalue weighted by atomic mass is 16.5. The summed E-state index contributed by atoms with van der Waals surface area (Å²) < 4.78 is 9.58. The quantitative estimate of drug-likeness (QED) is 0.754. The summed E-state index contributed by atoms with van der Waals surface area (Å²) in [6.45, 7) is 10.3. The molecule has 5 nitrogen and oxygen atoms in total. The Kier molecular flexibility index (Phi) is 12.7. The van der Waals surface area contributed by atoms with Gasteiger partial charge in [-0.15, -0.1) is 0 Å². The van der Waals surface area contributed by atoms with Crippen molar-refractivity contribution in [3.05, 3.63) is 0 Å². The van der Waals surface area contributed by atoms with Crippen LogP contribution in [0, 0.1) is 0 Å². The van der Waals surface area contributed by atoms with E-state index in [0.717, 1.165) is 6.42 Å². The van der Waals surface area contributed by atoms with Gasteiger partial charge in [0, 0.05) is 20.3 Å². The first-order valence-corrected chi connectivity index (χ1v) is 6.75. The third-order valence-electron chi connectivity index (χ3n) is 2.38. The van der Waals surface area contributed by atoms with E-state index in [1.165, 1.54) is 13.8 Å². The van der Waals surface area contributed by atoms with Gasteiger partial charge in [0.25, 0.3) is 0 Å². The highest BCUT2D eigenvalue weighted by Crippen LogP contribution is 2.04. The minimum Gasteiger partial charge on any atom is -0.463 e. The second kappa shape index (κ2) is 12.0. The van der Waals surface area contributed by atoms with Gasteiger partial charge in [0.15, 0.2) is 0 Å². The largest absolute Gasteiger partial charge is 0.463 e. The van der Waals surface area contributed by atoms with Crippen molar-refractivity contribution in [3.63, 3.8) is 0 Å². The molecule has 0 spiro atoms. The Morgan fingerprint density at radius 1 is 0.947 bits per heavy atom. The fraction of sp³-hybridized carbons (Fsp3) is 0.857. The lowest BCUT2D eigenvalue weighted by atomic mass is 10.1. The molecule has 0 heterocycles. The van der Waals surface area contributed by atoms with Crippen LogP contribution in [0.25, 0.3) is 0 Å². The van der Waals surface area contributed by atoms with Crippen molar-refractivity contribution in [2.24, 2.45) is 0 Å². The lowest BCUT2D eigenvalue weighted by molar-refractivity contribution is -0.147. The number of aliphatic hydroxyl groups is 1. The summed E-state index contributed by atoms with van der Waals surface area (Å²) in [4.78, 5) is 20.6. The van der Waals surface area contributed by atoms with Crippen LogP contribution in [0.3, 0.4) is 0 Å². The summed E-state index contributed by atoms with van der Waals surface area (Å²) in [6, 6.07) is 0. The van der Waals surface area contributed by atoms with Gasteiger partial charge in [-0.05, 0) is 26.7 Å². The number of ether oxygens (including phenoxy) is 2. The third-order valence-corrected chi connectivity index (χ3v) is 2.38. The Labute approximate surface area is 116 Å². The SMILES string of the molecule is CCC(C)OC(C)=O.CCC(O)CC(C)OC(C)=O. The smallest absolute Gasteiger partial charge is 0.302 e. The third kappa shape index (κ3) is 16.9. The normalized spacial score (nSPS) is 14.5. The Bertz CT molecular complexity index is 252. The molecular weight excluding hydrogens is 248 g/mol. The summed E-state index contributed by atoms with van der Waals surface area (Å²) in [5.74, 6) is -0.486. The molecule has 0 fully saturated rings. The molecule has 0 saturated carbocycles. The molecule has 0 aromatic heterocycles. The number of hydrogen-bond donors (Lipinski definition) is 1. The molecule has 0 amide bonds. The van der Waals surface area contributed by atoms with Crippen LogP contribution in [0.15, 0.2) is 0 Å². The van der Waals surface area contributed by atoms with Crippen LogP contribution in [-0.4, -0.2) is 35.4 Å². The maximum Gasteiger partial charge on any atom is 0.302 e. The van der Waals surface area contributed by atoms with Crippen molar-refractivity contribution in [2.75, 3.05) is 0 Å². The van der Waals surface area contributed by atoms with E-state index in [1.807, 2.05) is 20.8 Å². The summed E-state index contributed by atoms with van der Waals surface area (Å²) in [7, 11) is 0. The lowest BCUT2D eigenvalue weighted by Crippen LogP contribution is -2.19. The van der Waals surface area contributed by atoms with Crippen LogP contribution < -0.4 is 0 Å². The fourth-order valence-electron chi connectivity index (χ4n) is 1.25. The topological polar surface area (TPSA) is 72.8 Å². The van der Waals surface area contributed by atoms with Gasteiger partial charge < -0.3 is 14.6 Å². The molecule has 0 radical (unpaired) electrons. The molecule has 5 heteroatoms. The van der Waals surface area contributed by atoms with Gasteiger partial charge in [-0.2, -0.15) is 0 Å². The van der Waals surface area contributed by atoms with Gasteiger partial charge >= 0.3 is 11.9 Å². The molecule has 3 unspecified atom stereocenters. The van der Waals surface area contributed by atoms with Crippen molar-refractivity contribution >= 4 is 11.9 Å². The Hall–Kier alpha value is -1.10. The molecule has 0 aliphatic heterocycles. The van der Waals surface area contributed by atoms with Crippen LogP contribution >= 0.6 is 0 Å². The minimum atomic E-state index is -0.357. The average Bonchev–Trinajstić information content (AvgIpc) is 2.27. The highest BCUT2D eigenvalue weighted by molar-refractivity contribution is 5.66. The van der Waals surface area contributed by atoms with Crippen molar-refractivity contribution < 1.29 is 24.2 Å². The summed E-state index contributed by atoms with van der Waals surface area (Å²) in [6.07, 6.45) is 1.65. The number of rotatable bonds is 6. The van der Waals surface area contributed by atoms with Crippen LogP contribution in [-0.2, 0) is 19.1 Å². The van der Waals surface area contributed by atoms with Crippen LogP contribution in [0.2, 0.25) is 0 Å². The number of carbonyl (C=O) groups is 2. The molecule has 0 aromatic rings. The second-order valence-electron chi connectivity index (χ2n) is 4.55. The van der Waals surface area contributed by atoms with Gasteiger partial charge in [-0.25, -0.2) is 0 Å². The van der Waals surface area contributed by atoms with Crippen molar-refractivity contribution in [2.45, 2.75) is 79.1 Å². The molecule has 0 rings (SSSR count). The average molecular weight is 276 g/mol. The van der Waals surface area contributed by atoms with Crippen LogP contribution in [0.5, 0.6) is 0 Å². The zero-order valence-corrected chi connectivity index (χ0v) is 12.9. The Morgan fingerprint density at radius 3 is 1.63 bits per heavy atom. The van der Waals surface area contributed by atoms with Crippen molar-refractivity contribution in [3.8, 4) is 0 Å². The predicted octanol–water partition coefficient (Wildman–Crippen LogP) is 2.45. The van der Waals surface area contributed by atoms with E-state index in [1.54, 1.807) is 6.92 Å². The molecule has 114 valence electrons. The standard InChI is InChI=1S/C8H16O3.C6H12O2/c1-4-8(10)5-6(2)11-7(3)9;1-4-5(2)8-6(3)7/h6,8,10H,4-5H2,1-3H3;5H,4H2,1-3H3. The van der Waals surface area contributed by atoms with E-state index in [2.05, 4.69) is 0 Å². The maximum atomic E-state index is 10.4. The zero-order valence-electron chi connectivity index (χ0n) is 12.9. The Morgan fingerprint density at radius 2 is 1.37 bits per heavy atom. The van der Waals surface area contributed by atoms with Crippen LogP contribution in [0.4, 0.5) is 0 Å². The van der Waals surface area contributed by atoms with Gasteiger partial charge in [0.2, 0.25) is 0 Å². The highest BCUT2D eigenvalue weighted by Gasteiger charge is 2.10. The molecule has 0 saturated heterocycles. The van der Waals surface area contributed by atoms with Gasteiger partial charge in [0.05, 0.1) is 12.2 Å². The van der Waals surface area contributed by atoms with Gasteiger partial charge in [-0.3, -0.25) is 9.59 Å². The molecule has 0 aliphatic carbocycles. The number of esters is 2. The summed E-state index contributed by atoms with van der Waals surface area (Å²) in [5, 5.41) is 9.15. The van der Waals surface area contributed by atoms with Crippen molar-refractivity contribution in [1.29, 1.82) is 0 Å². The van der Waals surface area contributed by atoms with Crippen molar-refractivity contribution in [1.82, 2.24) is 0 Å². The first kappa shape index (κ1) is 20.2. The van der Waals surface area contributed by atoms with E-state index in [-0.39, 0.29) is 30.3 Å². The Balaban J connectivity index is 0. The van der Waals surface area contributed by atoms with Gasteiger partial charge in [-0.1, -0.05) is 13.8 Å². The first-order valence-electron chi connectivity index (χ1n) is 6.75. The number of hydrogen-bond acceptors (Lipinski definition) is 5. The van der Waals surface area contributed by atoms with Gasteiger partial charge in [0.1, 0.15) is 6.10 Å². The van der Waals surface area contributed by atoms with E-state index in [0.29, 0.717) is 12.8 Å². The molecule has 0 bridgehead atoms.